The Bertz CT molecular complexity index is 1170. The van der Waals surface area contributed by atoms with Crippen LogP contribution in [0.5, 0.6) is 11.5 Å². The van der Waals surface area contributed by atoms with Crippen molar-refractivity contribution in [2.45, 2.75) is 39.3 Å². The first kappa shape index (κ1) is 25.5. The summed E-state index contributed by atoms with van der Waals surface area (Å²) in [5.74, 6) is 0.00264. The Morgan fingerprint density at radius 3 is 2.58 bits per heavy atom. The molecule has 0 radical (unpaired) electrons. The predicted octanol–water partition coefficient (Wildman–Crippen LogP) is 4.34. The SMILES string of the molecule is C=CCOc1ccc(C2C(=C(O)c3ccc4c(c3)CC(C)O4)C(=O)C(=O)N2CCN(CC)CC)cc1. The molecule has 7 nitrogen and oxygen atoms in total. The van der Waals surface area contributed by atoms with Gasteiger partial charge in [0.2, 0.25) is 0 Å². The van der Waals surface area contributed by atoms with Crippen LogP contribution in [-0.4, -0.2) is 65.5 Å². The van der Waals surface area contributed by atoms with Gasteiger partial charge in [-0.3, -0.25) is 9.59 Å². The lowest BCUT2D eigenvalue weighted by Crippen LogP contribution is -2.38. The third-order valence-corrected chi connectivity index (χ3v) is 6.82. The molecule has 0 bridgehead atoms. The van der Waals surface area contributed by atoms with Gasteiger partial charge in [-0.15, -0.1) is 0 Å². The van der Waals surface area contributed by atoms with E-state index in [0.717, 1.165) is 36.4 Å². The number of rotatable bonds is 10. The standard InChI is InChI=1S/C29H34N2O5/c1-5-16-35-23-11-8-20(9-12-23)26-25(28(33)29(34)31(26)15-14-30(6-2)7-3)27(32)21-10-13-24-22(18-21)17-19(4)36-24/h5,8-13,18-19,26,32H,1,6-7,14-17H2,2-4H3. The summed E-state index contributed by atoms with van der Waals surface area (Å²) < 4.78 is 11.4. The highest BCUT2D eigenvalue weighted by atomic mass is 16.5. The minimum Gasteiger partial charge on any atom is -0.507 e. The van der Waals surface area contributed by atoms with Crippen molar-refractivity contribution in [1.82, 2.24) is 9.80 Å². The second kappa shape index (κ2) is 11.0. The van der Waals surface area contributed by atoms with Crippen LogP contribution in [0.1, 0.15) is 43.5 Å². The Morgan fingerprint density at radius 2 is 1.92 bits per heavy atom. The second-order valence-corrected chi connectivity index (χ2v) is 9.14. The summed E-state index contributed by atoms with van der Waals surface area (Å²) in [6, 6.07) is 12.0. The van der Waals surface area contributed by atoms with E-state index in [-0.39, 0.29) is 17.4 Å². The molecule has 1 saturated heterocycles. The highest BCUT2D eigenvalue weighted by Crippen LogP contribution is 2.40. The van der Waals surface area contributed by atoms with Crippen molar-refractivity contribution in [2.75, 3.05) is 32.8 Å². The van der Waals surface area contributed by atoms with Gasteiger partial charge >= 0.3 is 0 Å². The molecule has 2 atom stereocenters. The van der Waals surface area contributed by atoms with Crippen LogP contribution in [0.2, 0.25) is 0 Å². The smallest absolute Gasteiger partial charge is 0.295 e. The number of hydrogen-bond donors (Lipinski definition) is 1. The van der Waals surface area contributed by atoms with Crippen molar-refractivity contribution in [2.24, 2.45) is 0 Å². The summed E-state index contributed by atoms with van der Waals surface area (Å²) in [6.07, 6.45) is 2.45. The number of likely N-dealkylation sites (tertiary alicyclic amines) is 1. The Balaban J connectivity index is 1.75. The van der Waals surface area contributed by atoms with Gasteiger partial charge in [-0.25, -0.2) is 0 Å². The van der Waals surface area contributed by atoms with E-state index in [0.29, 0.717) is 31.0 Å². The second-order valence-electron chi connectivity index (χ2n) is 9.14. The fourth-order valence-electron chi connectivity index (χ4n) is 4.87. The molecule has 2 unspecified atom stereocenters. The fraction of sp³-hybridized carbons (Fsp3) is 0.379. The van der Waals surface area contributed by atoms with Crippen molar-refractivity contribution in [1.29, 1.82) is 0 Å². The molecule has 2 aromatic carbocycles. The van der Waals surface area contributed by atoms with Crippen molar-refractivity contribution < 1.29 is 24.2 Å². The summed E-state index contributed by atoms with van der Waals surface area (Å²) in [7, 11) is 0. The molecule has 1 N–H and O–H groups in total. The van der Waals surface area contributed by atoms with Gasteiger partial charge in [0.25, 0.3) is 11.7 Å². The molecule has 4 rings (SSSR count). The zero-order valence-electron chi connectivity index (χ0n) is 21.2. The molecule has 190 valence electrons. The van der Waals surface area contributed by atoms with E-state index < -0.39 is 17.7 Å². The molecule has 1 amide bonds. The number of benzene rings is 2. The van der Waals surface area contributed by atoms with Crippen LogP contribution in [0, 0.1) is 0 Å². The molecule has 36 heavy (non-hydrogen) atoms. The van der Waals surface area contributed by atoms with Gasteiger partial charge < -0.3 is 24.4 Å². The molecule has 2 aliphatic rings. The number of carbonyl (C=O) groups excluding carboxylic acids is 2. The molecule has 7 heteroatoms. The number of Topliss-reactive ketones (excluding diaryl/α,β-unsaturated/α-hetero) is 1. The number of aliphatic hydroxyl groups excluding tert-OH is 1. The highest BCUT2D eigenvalue weighted by molar-refractivity contribution is 6.46. The fourth-order valence-corrected chi connectivity index (χ4v) is 4.87. The van der Waals surface area contributed by atoms with E-state index in [1.807, 2.05) is 31.2 Å². The molecule has 1 fully saturated rings. The van der Waals surface area contributed by atoms with E-state index in [4.69, 9.17) is 9.47 Å². The predicted molar refractivity (Wildman–Crippen MR) is 139 cm³/mol. The van der Waals surface area contributed by atoms with Crippen LogP contribution in [-0.2, 0) is 16.0 Å². The number of ether oxygens (including phenoxy) is 2. The van der Waals surface area contributed by atoms with Crippen LogP contribution in [0.3, 0.4) is 0 Å². The number of carbonyl (C=O) groups is 2. The van der Waals surface area contributed by atoms with Gasteiger partial charge in [-0.05, 0) is 61.5 Å². The molecule has 0 saturated carbocycles. The summed E-state index contributed by atoms with van der Waals surface area (Å²) in [5, 5.41) is 11.4. The zero-order chi connectivity index (χ0) is 25.8. The van der Waals surface area contributed by atoms with E-state index in [1.165, 1.54) is 0 Å². The van der Waals surface area contributed by atoms with Crippen LogP contribution in [0.4, 0.5) is 0 Å². The summed E-state index contributed by atoms with van der Waals surface area (Å²) in [6.45, 7) is 12.8. The summed E-state index contributed by atoms with van der Waals surface area (Å²) >= 11 is 0. The normalized spacial score (nSPS) is 20.5. The van der Waals surface area contributed by atoms with Crippen molar-refractivity contribution in [3.8, 4) is 11.5 Å². The van der Waals surface area contributed by atoms with Crippen LogP contribution >= 0.6 is 0 Å². The molecular formula is C29H34N2O5. The van der Waals surface area contributed by atoms with Gasteiger partial charge in [-0.2, -0.15) is 0 Å². The van der Waals surface area contributed by atoms with Gasteiger partial charge in [-0.1, -0.05) is 38.6 Å². The van der Waals surface area contributed by atoms with Crippen LogP contribution < -0.4 is 9.47 Å². The van der Waals surface area contributed by atoms with E-state index in [1.54, 1.807) is 29.2 Å². The van der Waals surface area contributed by atoms with Gasteiger partial charge in [0, 0.05) is 25.1 Å². The number of aliphatic hydroxyl groups is 1. The Morgan fingerprint density at radius 1 is 1.19 bits per heavy atom. The Hall–Kier alpha value is -3.58. The average molecular weight is 491 g/mol. The minimum absolute atomic E-state index is 0.0601. The molecule has 0 aliphatic carbocycles. The van der Waals surface area contributed by atoms with Gasteiger partial charge in [0.15, 0.2) is 0 Å². The highest BCUT2D eigenvalue weighted by Gasteiger charge is 2.46. The minimum atomic E-state index is -0.697. The molecular weight excluding hydrogens is 456 g/mol. The van der Waals surface area contributed by atoms with Crippen molar-refractivity contribution >= 4 is 17.4 Å². The van der Waals surface area contributed by atoms with Crippen molar-refractivity contribution in [3.63, 3.8) is 0 Å². The largest absolute Gasteiger partial charge is 0.507 e. The first-order chi connectivity index (χ1) is 17.4. The number of nitrogens with zero attached hydrogens (tertiary/aromatic N) is 2. The molecule has 2 heterocycles. The lowest BCUT2D eigenvalue weighted by atomic mass is 9.94. The lowest BCUT2D eigenvalue weighted by Gasteiger charge is -2.28. The maximum atomic E-state index is 13.3. The Labute approximate surface area is 212 Å². The van der Waals surface area contributed by atoms with Crippen LogP contribution in [0.25, 0.3) is 5.76 Å². The number of amides is 1. The third-order valence-electron chi connectivity index (χ3n) is 6.82. The quantitative estimate of drug-likeness (QED) is 0.231. The number of fused-ring (bicyclic) bond motifs is 1. The first-order valence-electron chi connectivity index (χ1n) is 12.5. The summed E-state index contributed by atoms with van der Waals surface area (Å²) in [5.41, 5.74) is 2.32. The maximum absolute atomic E-state index is 13.3. The van der Waals surface area contributed by atoms with E-state index in [9.17, 15) is 14.7 Å². The molecule has 0 aromatic heterocycles. The third kappa shape index (κ3) is 5.02. The molecule has 0 spiro atoms. The zero-order valence-corrected chi connectivity index (χ0v) is 21.2. The van der Waals surface area contributed by atoms with E-state index >= 15 is 0 Å². The van der Waals surface area contributed by atoms with Gasteiger partial charge in [0.1, 0.15) is 30.0 Å². The molecule has 2 aliphatic heterocycles. The average Bonchev–Trinajstić information content (AvgIpc) is 3.38. The lowest BCUT2D eigenvalue weighted by molar-refractivity contribution is -0.140. The van der Waals surface area contributed by atoms with Crippen LogP contribution in [0.15, 0.2) is 60.7 Å². The number of likely N-dealkylation sites (N-methyl/N-ethyl adjacent to an activating group) is 1. The summed E-state index contributed by atoms with van der Waals surface area (Å²) in [4.78, 5) is 30.3. The number of ketones is 1. The maximum Gasteiger partial charge on any atom is 0.295 e. The monoisotopic (exact) mass is 490 g/mol. The first-order valence-corrected chi connectivity index (χ1v) is 12.5. The Kier molecular flexibility index (Phi) is 7.79. The molecule has 2 aromatic rings. The topological polar surface area (TPSA) is 79.3 Å². The number of hydrogen-bond acceptors (Lipinski definition) is 6. The van der Waals surface area contributed by atoms with E-state index in [2.05, 4.69) is 25.3 Å². The van der Waals surface area contributed by atoms with Crippen molar-refractivity contribution in [3.05, 3.63) is 77.4 Å². The van der Waals surface area contributed by atoms with Gasteiger partial charge in [0.05, 0.1) is 11.6 Å².